The third-order valence-electron chi connectivity index (χ3n) is 4.60. The van der Waals surface area contributed by atoms with Crippen LogP contribution in [-0.2, 0) is 12.8 Å². The van der Waals surface area contributed by atoms with Crippen LogP contribution in [-0.4, -0.2) is 4.98 Å². The number of hydrogen-bond donors (Lipinski definition) is 0. The van der Waals surface area contributed by atoms with E-state index >= 15 is 0 Å². The quantitative estimate of drug-likeness (QED) is 0.603. The summed E-state index contributed by atoms with van der Waals surface area (Å²) in [5.74, 6) is 2.02. The van der Waals surface area contributed by atoms with Crippen LogP contribution in [0.1, 0.15) is 29.0 Å². The smallest absolute Gasteiger partial charge is 0.219 e. The summed E-state index contributed by atoms with van der Waals surface area (Å²) in [6.45, 7) is 0. The molecular weight excluding hydrogens is 318 g/mol. The van der Waals surface area contributed by atoms with E-state index in [9.17, 15) is 0 Å². The van der Waals surface area contributed by atoms with Gasteiger partial charge in [-0.15, -0.1) is 0 Å². The van der Waals surface area contributed by atoms with E-state index in [1.54, 1.807) is 18.3 Å². The van der Waals surface area contributed by atoms with Gasteiger partial charge in [0.2, 0.25) is 5.88 Å². The lowest BCUT2D eigenvalue weighted by Gasteiger charge is -2.25. The summed E-state index contributed by atoms with van der Waals surface area (Å²) in [4.78, 5) is 4.18. The van der Waals surface area contributed by atoms with Crippen molar-refractivity contribution in [2.45, 2.75) is 25.2 Å². The first-order valence-corrected chi connectivity index (χ1v) is 8.62. The van der Waals surface area contributed by atoms with Crippen LogP contribution in [0.15, 0.2) is 66.9 Å². The lowest BCUT2D eigenvalue weighted by atomic mass is 9.80. The molecule has 0 bridgehead atoms. The van der Waals surface area contributed by atoms with Gasteiger partial charge < -0.3 is 4.74 Å². The van der Waals surface area contributed by atoms with E-state index in [4.69, 9.17) is 16.3 Å². The Morgan fingerprint density at radius 2 is 1.83 bits per heavy atom. The number of nitrogens with zero attached hydrogens (tertiary/aromatic N) is 1. The van der Waals surface area contributed by atoms with E-state index in [1.807, 2.05) is 6.07 Å². The van der Waals surface area contributed by atoms with E-state index < -0.39 is 0 Å². The fourth-order valence-electron chi connectivity index (χ4n) is 3.35. The Kier molecular flexibility index (Phi) is 4.22. The minimum absolute atomic E-state index is 0.567. The summed E-state index contributed by atoms with van der Waals surface area (Å²) in [5.41, 5.74) is 4.24. The van der Waals surface area contributed by atoms with Crippen LogP contribution in [0.5, 0.6) is 11.6 Å². The highest BCUT2D eigenvalue weighted by Gasteiger charge is 2.20. The number of aromatic nitrogens is 1. The van der Waals surface area contributed by atoms with Crippen molar-refractivity contribution in [2.24, 2.45) is 0 Å². The van der Waals surface area contributed by atoms with Crippen LogP contribution in [0, 0.1) is 0 Å². The molecular formula is C21H18ClNO. The molecule has 4 rings (SSSR count). The van der Waals surface area contributed by atoms with E-state index in [1.165, 1.54) is 23.1 Å². The third-order valence-corrected chi connectivity index (χ3v) is 4.82. The Morgan fingerprint density at radius 1 is 0.958 bits per heavy atom. The molecule has 1 aromatic heterocycles. The number of hydrogen-bond acceptors (Lipinski definition) is 2. The Hall–Kier alpha value is -2.32. The lowest BCUT2D eigenvalue weighted by Crippen LogP contribution is -2.12. The van der Waals surface area contributed by atoms with Gasteiger partial charge in [-0.05, 0) is 60.1 Å². The number of rotatable bonds is 3. The molecule has 2 aromatic carbocycles. The van der Waals surface area contributed by atoms with Crippen molar-refractivity contribution in [3.05, 3.63) is 88.6 Å². The Labute approximate surface area is 147 Å². The monoisotopic (exact) mass is 335 g/mol. The average Bonchev–Trinajstić information content (AvgIpc) is 2.64. The standard InChI is InChI=1S/C21H18ClNO/c22-19-9-11-21(23-14-19)24-20-10-8-17-12-16(6-7-18(17)13-20)15-4-2-1-3-5-15/h1-5,8-11,13-14,16H,6-7,12H2. The molecule has 1 aliphatic carbocycles. The normalized spacial score (nSPS) is 16.5. The maximum atomic E-state index is 5.86. The number of pyridine rings is 1. The van der Waals surface area contributed by atoms with Gasteiger partial charge in [-0.2, -0.15) is 0 Å². The number of fused-ring (bicyclic) bond motifs is 1. The predicted molar refractivity (Wildman–Crippen MR) is 97.0 cm³/mol. The summed E-state index contributed by atoms with van der Waals surface area (Å²) < 4.78 is 5.84. The predicted octanol–water partition coefficient (Wildman–Crippen LogP) is 5.80. The van der Waals surface area contributed by atoms with Gasteiger partial charge in [0.05, 0.1) is 5.02 Å². The van der Waals surface area contributed by atoms with E-state index in [0.29, 0.717) is 16.8 Å². The molecule has 3 aromatic rings. The second-order valence-corrected chi connectivity index (χ2v) is 6.63. The maximum absolute atomic E-state index is 5.86. The van der Waals surface area contributed by atoms with Gasteiger partial charge in [0.1, 0.15) is 5.75 Å². The molecule has 0 spiro atoms. The van der Waals surface area contributed by atoms with Crippen LogP contribution in [0.2, 0.25) is 5.02 Å². The fourth-order valence-corrected chi connectivity index (χ4v) is 3.46. The Morgan fingerprint density at radius 3 is 2.62 bits per heavy atom. The molecule has 0 N–H and O–H groups in total. The van der Waals surface area contributed by atoms with E-state index in [-0.39, 0.29) is 0 Å². The third kappa shape index (κ3) is 3.29. The van der Waals surface area contributed by atoms with Crippen molar-refractivity contribution >= 4 is 11.6 Å². The summed E-state index contributed by atoms with van der Waals surface area (Å²) in [7, 11) is 0. The number of halogens is 1. The molecule has 1 heterocycles. The Bertz CT molecular complexity index is 830. The van der Waals surface area contributed by atoms with Crippen LogP contribution < -0.4 is 4.74 Å². The molecule has 1 atom stereocenters. The van der Waals surface area contributed by atoms with Gasteiger partial charge in [-0.1, -0.05) is 48.0 Å². The van der Waals surface area contributed by atoms with Gasteiger partial charge in [0.15, 0.2) is 0 Å². The van der Waals surface area contributed by atoms with Crippen LogP contribution in [0.25, 0.3) is 0 Å². The summed E-state index contributed by atoms with van der Waals surface area (Å²) in [5, 5.41) is 0.611. The highest BCUT2D eigenvalue weighted by molar-refractivity contribution is 6.30. The number of benzene rings is 2. The molecule has 0 saturated heterocycles. The zero-order chi connectivity index (χ0) is 16.4. The van der Waals surface area contributed by atoms with Gasteiger partial charge in [0.25, 0.3) is 0 Å². The lowest BCUT2D eigenvalue weighted by molar-refractivity contribution is 0.460. The van der Waals surface area contributed by atoms with Crippen molar-refractivity contribution in [3.63, 3.8) is 0 Å². The molecule has 3 heteroatoms. The molecule has 2 nitrogen and oxygen atoms in total. The first kappa shape index (κ1) is 15.2. The maximum Gasteiger partial charge on any atom is 0.219 e. The van der Waals surface area contributed by atoms with Crippen molar-refractivity contribution in [1.29, 1.82) is 0 Å². The SMILES string of the molecule is Clc1ccc(Oc2ccc3c(c2)CCC(c2ccccc2)C3)nc1. The molecule has 0 amide bonds. The summed E-state index contributed by atoms with van der Waals surface area (Å²) in [6, 6.07) is 20.7. The fraction of sp³-hybridized carbons (Fsp3) is 0.190. The zero-order valence-corrected chi connectivity index (χ0v) is 14.0. The second-order valence-electron chi connectivity index (χ2n) is 6.20. The average molecular weight is 336 g/mol. The molecule has 0 radical (unpaired) electrons. The molecule has 0 saturated carbocycles. The van der Waals surface area contributed by atoms with Crippen LogP contribution >= 0.6 is 11.6 Å². The largest absolute Gasteiger partial charge is 0.439 e. The topological polar surface area (TPSA) is 22.1 Å². The van der Waals surface area contributed by atoms with Gasteiger partial charge in [-0.25, -0.2) is 4.98 Å². The van der Waals surface area contributed by atoms with E-state index in [0.717, 1.165) is 18.6 Å². The Balaban J connectivity index is 1.52. The second kappa shape index (κ2) is 6.66. The van der Waals surface area contributed by atoms with E-state index in [2.05, 4.69) is 47.4 Å². The minimum atomic E-state index is 0.567. The number of ether oxygens (including phenoxy) is 1. The minimum Gasteiger partial charge on any atom is -0.439 e. The first-order valence-electron chi connectivity index (χ1n) is 8.24. The van der Waals surface area contributed by atoms with Gasteiger partial charge in [-0.3, -0.25) is 0 Å². The molecule has 1 unspecified atom stereocenters. The van der Waals surface area contributed by atoms with Crippen molar-refractivity contribution in [3.8, 4) is 11.6 Å². The highest BCUT2D eigenvalue weighted by atomic mass is 35.5. The summed E-state index contributed by atoms with van der Waals surface area (Å²) in [6.07, 6.45) is 4.96. The van der Waals surface area contributed by atoms with Crippen LogP contribution in [0.4, 0.5) is 0 Å². The summed E-state index contributed by atoms with van der Waals surface area (Å²) >= 11 is 5.86. The molecule has 0 aliphatic heterocycles. The van der Waals surface area contributed by atoms with Crippen molar-refractivity contribution < 1.29 is 4.74 Å². The number of aryl methyl sites for hydroxylation is 1. The first-order chi connectivity index (χ1) is 11.8. The molecule has 0 fully saturated rings. The molecule has 120 valence electrons. The molecule has 1 aliphatic rings. The van der Waals surface area contributed by atoms with Crippen molar-refractivity contribution in [1.82, 2.24) is 4.98 Å². The van der Waals surface area contributed by atoms with Gasteiger partial charge in [0, 0.05) is 12.3 Å². The highest BCUT2D eigenvalue weighted by Crippen LogP contribution is 2.34. The molecule has 24 heavy (non-hydrogen) atoms. The van der Waals surface area contributed by atoms with Crippen molar-refractivity contribution in [2.75, 3.05) is 0 Å². The zero-order valence-electron chi connectivity index (χ0n) is 13.3. The van der Waals surface area contributed by atoms with Gasteiger partial charge >= 0.3 is 0 Å². The van der Waals surface area contributed by atoms with Crippen LogP contribution in [0.3, 0.4) is 0 Å².